The van der Waals surface area contributed by atoms with Gasteiger partial charge in [0.25, 0.3) is 5.91 Å². The van der Waals surface area contributed by atoms with E-state index in [0.29, 0.717) is 11.1 Å². The zero-order valence-corrected chi connectivity index (χ0v) is 13.5. The van der Waals surface area contributed by atoms with Crippen LogP contribution in [0.1, 0.15) is 22.3 Å². The summed E-state index contributed by atoms with van der Waals surface area (Å²) in [5.74, 6) is -2.76. The molecule has 0 aliphatic heterocycles. The topological polar surface area (TPSA) is 58.2 Å². The maximum Gasteiger partial charge on any atom is 0.269 e. The Morgan fingerprint density at radius 1 is 0.957 bits per heavy atom. The van der Waals surface area contributed by atoms with Crippen molar-refractivity contribution < 1.29 is 18.4 Å². The largest absolute Gasteiger partial charge is 0.273 e. The fourth-order valence-electron chi connectivity index (χ4n) is 1.82. The van der Waals surface area contributed by atoms with Crippen LogP contribution in [0.15, 0.2) is 46.9 Å². The van der Waals surface area contributed by atoms with Gasteiger partial charge >= 0.3 is 0 Å². The van der Waals surface area contributed by atoms with Gasteiger partial charge in [0, 0.05) is 16.5 Å². The zero-order valence-electron chi connectivity index (χ0n) is 11.9. The number of hydrogen-bond donors (Lipinski definition) is 2. The van der Waals surface area contributed by atoms with Crippen LogP contribution < -0.4 is 10.9 Å². The molecule has 2 rings (SSSR count). The Balaban J connectivity index is 1.79. The van der Waals surface area contributed by atoms with Crippen LogP contribution in [0.3, 0.4) is 0 Å². The van der Waals surface area contributed by atoms with E-state index in [2.05, 4.69) is 26.8 Å². The molecule has 2 N–H and O–H groups in total. The molecule has 0 aromatic heterocycles. The summed E-state index contributed by atoms with van der Waals surface area (Å²) >= 11 is 3.26. The maximum absolute atomic E-state index is 13.0. The molecule has 2 aromatic carbocycles. The second kappa shape index (κ2) is 7.82. The molecular weight excluding hydrogens is 370 g/mol. The smallest absolute Gasteiger partial charge is 0.269 e. The molecule has 120 valence electrons. The van der Waals surface area contributed by atoms with Crippen LogP contribution in [0.25, 0.3) is 0 Å². The molecule has 0 saturated carbocycles. The van der Waals surface area contributed by atoms with E-state index < -0.39 is 23.4 Å². The lowest BCUT2D eigenvalue weighted by Gasteiger charge is -2.07. The van der Waals surface area contributed by atoms with Gasteiger partial charge in [0.05, 0.1) is 0 Å². The maximum atomic E-state index is 13.0. The van der Waals surface area contributed by atoms with Crippen LogP contribution in [0.5, 0.6) is 0 Å². The van der Waals surface area contributed by atoms with Gasteiger partial charge < -0.3 is 0 Å². The molecule has 0 bridgehead atoms. The van der Waals surface area contributed by atoms with Gasteiger partial charge in [-0.25, -0.2) is 8.78 Å². The number of nitrogens with one attached hydrogen (secondary N) is 2. The molecule has 0 aliphatic rings. The first-order chi connectivity index (χ1) is 11.0. The van der Waals surface area contributed by atoms with Crippen molar-refractivity contribution in [2.24, 2.45) is 0 Å². The van der Waals surface area contributed by atoms with Gasteiger partial charge in [0.15, 0.2) is 11.6 Å². The lowest BCUT2D eigenvalue weighted by atomic mass is 10.1. The number of halogens is 3. The minimum absolute atomic E-state index is 0.0334. The molecule has 0 unspecified atom stereocenters. The summed E-state index contributed by atoms with van der Waals surface area (Å²) in [4.78, 5) is 23.4. The minimum atomic E-state index is -0.952. The van der Waals surface area contributed by atoms with E-state index in [9.17, 15) is 18.4 Å². The predicted molar refractivity (Wildman–Crippen MR) is 84.4 cm³/mol. The Labute approximate surface area is 140 Å². The normalized spacial score (nSPS) is 10.2. The van der Waals surface area contributed by atoms with Crippen molar-refractivity contribution in [3.63, 3.8) is 0 Å². The summed E-state index contributed by atoms with van der Waals surface area (Å²) in [6.45, 7) is 0. The van der Waals surface area contributed by atoms with E-state index in [1.807, 2.05) is 0 Å². The molecule has 23 heavy (non-hydrogen) atoms. The number of carbonyl (C=O) groups is 2. The summed E-state index contributed by atoms with van der Waals surface area (Å²) in [7, 11) is 0. The third kappa shape index (κ3) is 5.14. The Kier molecular flexibility index (Phi) is 5.81. The van der Waals surface area contributed by atoms with E-state index in [-0.39, 0.29) is 12.8 Å². The molecule has 0 spiro atoms. The monoisotopic (exact) mass is 382 g/mol. The highest BCUT2D eigenvalue weighted by atomic mass is 79.9. The Bertz CT molecular complexity index is 721. The van der Waals surface area contributed by atoms with Gasteiger partial charge in [-0.3, -0.25) is 20.4 Å². The first kappa shape index (κ1) is 17.1. The van der Waals surface area contributed by atoms with Crippen LogP contribution in [-0.4, -0.2) is 11.8 Å². The van der Waals surface area contributed by atoms with Crippen LogP contribution in [0.4, 0.5) is 8.78 Å². The van der Waals surface area contributed by atoms with Crippen LogP contribution in [-0.2, 0) is 11.2 Å². The van der Waals surface area contributed by atoms with E-state index >= 15 is 0 Å². The van der Waals surface area contributed by atoms with Crippen LogP contribution in [0.2, 0.25) is 0 Å². The molecule has 2 amide bonds. The lowest BCUT2D eigenvalue weighted by molar-refractivity contribution is -0.121. The molecule has 0 atom stereocenters. The van der Waals surface area contributed by atoms with Gasteiger partial charge in [-0.2, -0.15) is 0 Å². The Morgan fingerprint density at radius 2 is 1.65 bits per heavy atom. The second-order valence-electron chi connectivity index (χ2n) is 4.76. The van der Waals surface area contributed by atoms with Crippen molar-refractivity contribution >= 4 is 27.7 Å². The molecule has 0 radical (unpaired) electrons. The summed E-state index contributed by atoms with van der Waals surface area (Å²) < 4.78 is 26.7. The SMILES string of the molecule is O=C(CCc1ccc(F)c(F)c1)NNC(=O)c1ccc(Br)cc1. The molecule has 0 saturated heterocycles. The fourth-order valence-corrected chi connectivity index (χ4v) is 2.08. The third-order valence-corrected chi connectivity index (χ3v) is 3.58. The zero-order chi connectivity index (χ0) is 16.8. The number of aryl methyl sites for hydroxylation is 1. The minimum Gasteiger partial charge on any atom is -0.273 e. The highest BCUT2D eigenvalue weighted by Crippen LogP contribution is 2.11. The summed E-state index contributed by atoms with van der Waals surface area (Å²) in [5, 5.41) is 0. The average molecular weight is 383 g/mol. The summed E-state index contributed by atoms with van der Waals surface area (Å²) in [5.41, 5.74) is 5.46. The molecule has 0 heterocycles. The number of carbonyl (C=O) groups excluding carboxylic acids is 2. The number of hydrazine groups is 1. The standard InChI is InChI=1S/C16H13BrF2N2O2/c17-12-5-3-11(4-6-12)16(23)21-20-15(22)8-2-10-1-7-13(18)14(19)9-10/h1,3-7,9H,2,8H2,(H,20,22)(H,21,23). The first-order valence-corrected chi connectivity index (χ1v) is 7.53. The third-order valence-electron chi connectivity index (χ3n) is 3.05. The number of amides is 2. The fraction of sp³-hybridized carbons (Fsp3) is 0.125. The number of hydrogen-bond acceptors (Lipinski definition) is 2. The van der Waals surface area contributed by atoms with Crippen molar-refractivity contribution in [2.45, 2.75) is 12.8 Å². The van der Waals surface area contributed by atoms with Crippen molar-refractivity contribution in [3.8, 4) is 0 Å². The van der Waals surface area contributed by atoms with Crippen molar-refractivity contribution in [3.05, 3.63) is 69.7 Å². The average Bonchev–Trinajstić information content (AvgIpc) is 2.54. The molecule has 0 aliphatic carbocycles. The molecular formula is C16H13BrF2N2O2. The van der Waals surface area contributed by atoms with Gasteiger partial charge in [-0.15, -0.1) is 0 Å². The highest BCUT2D eigenvalue weighted by molar-refractivity contribution is 9.10. The van der Waals surface area contributed by atoms with E-state index in [1.165, 1.54) is 6.07 Å². The molecule has 4 nitrogen and oxygen atoms in total. The van der Waals surface area contributed by atoms with Gasteiger partial charge in [0.1, 0.15) is 0 Å². The number of benzene rings is 2. The Hall–Kier alpha value is -2.28. The van der Waals surface area contributed by atoms with Crippen molar-refractivity contribution in [1.82, 2.24) is 10.9 Å². The highest BCUT2D eigenvalue weighted by Gasteiger charge is 2.08. The van der Waals surface area contributed by atoms with Crippen LogP contribution >= 0.6 is 15.9 Å². The van der Waals surface area contributed by atoms with E-state index in [4.69, 9.17) is 0 Å². The second-order valence-corrected chi connectivity index (χ2v) is 5.67. The summed E-state index contributed by atoms with van der Waals surface area (Å²) in [6.07, 6.45) is 0.267. The molecule has 2 aromatic rings. The van der Waals surface area contributed by atoms with E-state index in [0.717, 1.165) is 16.6 Å². The van der Waals surface area contributed by atoms with Crippen molar-refractivity contribution in [1.29, 1.82) is 0 Å². The van der Waals surface area contributed by atoms with E-state index in [1.54, 1.807) is 24.3 Å². The number of rotatable bonds is 4. The summed E-state index contributed by atoms with van der Waals surface area (Å²) in [6, 6.07) is 10.1. The molecule has 0 fully saturated rings. The molecule has 7 heteroatoms. The van der Waals surface area contributed by atoms with Crippen LogP contribution in [0, 0.1) is 11.6 Å². The lowest BCUT2D eigenvalue weighted by Crippen LogP contribution is -2.41. The Morgan fingerprint density at radius 3 is 2.30 bits per heavy atom. The predicted octanol–water partition coefficient (Wildman–Crippen LogP) is 3.12. The van der Waals surface area contributed by atoms with Crippen molar-refractivity contribution in [2.75, 3.05) is 0 Å². The van der Waals surface area contributed by atoms with Gasteiger partial charge in [-0.1, -0.05) is 22.0 Å². The quantitative estimate of drug-likeness (QED) is 0.798. The van der Waals surface area contributed by atoms with Gasteiger partial charge in [-0.05, 0) is 48.4 Å². The van der Waals surface area contributed by atoms with Gasteiger partial charge in [0.2, 0.25) is 5.91 Å². The first-order valence-electron chi connectivity index (χ1n) is 6.74.